The molecule has 0 amide bonds. The summed E-state index contributed by atoms with van der Waals surface area (Å²) in [5, 5.41) is 0. The second-order valence-corrected chi connectivity index (χ2v) is 6.94. The van der Waals surface area contributed by atoms with Crippen molar-refractivity contribution in [2.24, 2.45) is 11.8 Å². The third kappa shape index (κ3) is 2.73. The number of hydrogen-bond donors (Lipinski definition) is 2. The zero-order valence-corrected chi connectivity index (χ0v) is 12.5. The quantitative estimate of drug-likeness (QED) is 0.658. The molecule has 0 aromatic carbocycles. The van der Waals surface area contributed by atoms with Crippen LogP contribution >= 0.6 is 22.9 Å². The molecule has 3 N–H and O–H groups in total. The van der Waals surface area contributed by atoms with E-state index in [1.165, 1.54) is 12.8 Å². The molecule has 18 heavy (non-hydrogen) atoms. The lowest BCUT2D eigenvalue weighted by Gasteiger charge is -2.43. The van der Waals surface area contributed by atoms with E-state index in [9.17, 15) is 0 Å². The van der Waals surface area contributed by atoms with Gasteiger partial charge in [0.2, 0.25) is 0 Å². The van der Waals surface area contributed by atoms with Crippen LogP contribution in [0.4, 0.5) is 0 Å². The minimum Gasteiger partial charge on any atom is -0.376 e. The fourth-order valence-electron chi connectivity index (χ4n) is 2.84. The van der Waals surface area contributed by atoms with Crippen LogP contribution in [0.2, 0.25) is 4.34 Å². The van der Waals surface area contributed by atoms with Crippen molar-refractivity contribution >= 4 is 22.9 Å². The van der Waals surface area contributed by atoms with Gasteiger partial charge in [-0.25, -0.2) is 5.43 Å². The molecule has 3 nitrogen and oxygen atoms in total. The highest BCUT2D eigenvalue weighted by Gasteiger charge is 2.42. The predicted molar refractivity (Wildman–Crippen MR) is 76.8 cm³/mol. The molecule has 0 aliphatic heterocycles. The molecule has 0 bridgehead atoms. The van der Waals surface area contributed by atoms with E-state index in [1.54, 1.807) is 18.4 Å². The van der Waals surface area contributed by atoms with Crippen LogP contribution in [0.1, 0.15) is 43.5 Å². The van der Waals surface area contributed by atoms with Crippen molar-refractivity contribution in [1.29, 1.82) is 0 Å². The first kappa shape index (κ1) is 14.3. The predicted octanol–water partition coefficient (Wildman–Crippen LogP) is 3.50. The van der Waals surface area contributed by atoms with Gasteiger partial charge in [-0.15, -0.1) is 11.3 Å². The second kappa shape index (κ2) is 5.88. The molecular formula is C13H21ClN2OS. The van der Waals surface area contributed by atoms with E-state index in [0.717, 1.165) is 28.0 Å². The Morgan fingerprint density at radius 3 is 2.61 bits per heavy atom. The van der Waals surface area contributed by atoms with Crippen LogP contribution in [0.25, 0.3) is 0 Å². The molecule has 1 aromatic heterocycles. The summed E-state index contributed by atoms with van der Waals surface area (Å²) in [6.45, 7) is 2.30. The highest BCUT2D eigenvalue weighted by molar-refractivity contribution is 7.16. The summed E-state index contributed by atoms with van der Waals surface area (Å²) in [4.78, 5) is 1.15. The number of hydrogen-bond acceptors (Lipinski definition) is 4. The van der Waals surface area contributed by atoms with E-state index < -0.39 is 0 Å². The van der Waals surface area contributed by atoms with E-state index in [1.807, 2.05) is 12.1 Å². The highest BCUT2D eigenvalue weighted by atomic mass is 35.5. The molecule has 1 aliphatic rings. The number of ether oxygens (including phenoxy) is 1. The summed E-state index contributed by atoms with van der Waals surface area (Å²) in [5.74, 6) is 6.55. The maximum atomic E-state index is 6.02. The van der Waals surface area contributed by atoms with Crippen molar-refractivity contribution in [3.8, 4) is 0 Å². The Bertz CT molecular complexity index is 388. The third-order valence-corrected chi connectivity index (χ3v) is 5.39. The molecule has 1 saturated carbocycles. The largest absolute Gasteiger partial charge is 0.376 e. The minimum atomic E-state index is -0.199. The van der Waals surface area contributed by atoms with Crippen LogP contribution in [0.15, 0.2) is 12.1 Å². The van der Waals surface area contributed by atoms with Gasteiger partial charge in [0, 0.05) is 12.0 Å². The SMILES string of the molecule is COC1(C(NN)c2ccc(Cl)s2)CCC(C)CC1. The lowest BCUT2D eigenvalue weighted by Crippen LogP contribution is -2.49. The number of nitrogens with two attached hydrogens (primary N) is 1. The van der Waals surface area contributed by atoms with Gasteiger partial charge >= 0.3 is 0 Å². The van der Waals surface area contributed by atoms with Crippen LogP contribution in [0.3, 0.4) is 0 Å². The first-order chi connectivity index (χ1) is 8.61. The van der Waals surface area contributed by atoms with Crippen LogP contribution in [-0.2, 0) is 4.74 Å². The first-order valence-electron chi connectivity index (χ1n) is 6.38. The molecule has 0 radical (unpaired) electrons. The first-order valence-corrected chi connectivity index (χ1v) is 7.57. The topological polar surface area (TPSA) is 47.3 Å². The van der Waals surface area contributed by atoms with Crippen molar-refractivity contribution < 1.29 is 4.74 Å². The summed E-state index contributed by atoms with van der Waals surface area (Å²) >= 11 is 7.59. The Labute approximate surface area is 118 Å². The molecule has 2 rings (SSSR count). The van der Waals surface area contributed by atoms with Crippen LogP contribution < -0.4 is 11.3 Å². The summed E-state index contributed by atoms with van der Waals surface area (Å²) in [6.07, 6.45) is 4.44. The maximum absolute atomic E-state index is 6.02. The summed E-state index contributed by atoms with van der Waals surface area (Å²) in [5.41, 5.74) is 2.74. The van der Waals surface area contributed by atoms with Crippen molar-refractivity contribution in [2.45, 2.75) is 44.2 Å². The lowest BCUT2D eigenvalue weighted by molar-refractivity contribution is -0.0753. The molecular weight excluding hydrogens is 268 g/mol. The Hall–Kier alpha value is -0.130. The monoisotopic (exact) mass is 288 g/mol. The summed E-state index contributed by atoms with van der Waals surface area (Å²) < 4.78 is 6.66. The average molecular weight is 289 g/mol. The van der Waals surface area contributed by atoms with Gasteiger partial charge in [-0.1, -0.05) is 18.5 Å². The molecule has 1 heterocycles. The molecule has 5 heteroatoms. The normalized spacial score (nSPS) is 30.3. The highest BCUT2D eigenvalue weighted by Crippen LogP contribution is 2.44. The third-order valence-electron chi connectivity index (χ3n) is 4.10. The smallest absolute Gasteiger partial charge is 0.0931 e. The Kier molecular flexibility index (Phi) is 4.67. The molecule has 1 aliphatic carbocycles. The maximum Gasteiger partial charge on any atom is 0.0931 e. The van der Waals surface area contributed by atoms with Crippen molar-refractivity contribution in [3.05, 3.63) is 21.3 Å². The fourth-order valence-corrected chi connectivity index (χ4v) is 4.07. The number of hydrazine groups is 1. The molecule has 0 spiro atoms. The zero-order valence-electron chi connectivity index (χ0n) is 10.9. The standard InChI is InChI=1S/C13H21ClN2OS/c1-9-5-7-13(17-2,8-6-9)12(16-15)10-3-4-11(14)18-10/h3-4,9,12,16H,5-8,15H2,1-2H3. The van der Waals surface area contributed by atoms with Crippen molar-refractivity contribution in [3.63, 3.8) is 0 Å². The number of rotatable bonds is 4. The molecule has 102 valence electrons. The van der Waals surface area contributed by atoms with Crippen LogP contribution in [-0.4, -0.2) is 12.7 Å². The van der Waals surface area contributed by atoms with E-state index in [0.29, 0.717) is 0 Å². The number of thiophene rings is 1. The lowest BCUT2D eigenvalue weighted by atomic mass is 9.75. The second-order valence-electron chi connectivity index (χ2n) is 5.19. The Balaban J connectivity index is 2.23. The van der Waals surface area contributed by atoms with Crippen LogP contribution in [0, 0.1) is 5.92 Å². The van der Waals surface area contributed by atoms with Crippen molar-refractivity contribution in [1.82, 2.24) is 5.43 Å². The summed E-state index contributed by atoms with van der Waals surface area (Å²) in [6, 6.07) is 3.98. The molecule has 1 unspecified atom stereocenters. The van der Waals surface area contributed by atoms with E-state index in [2.05, 4.69) is 12.3 Å². The Morgan fingerprint density at radius 1 is 1.50 bits per heavy atom. The van der Waals surface area contributed by atoms with Gasteiger partial charge in [-0.05, 0) is 43.7 Å². The van der Waals surface area contributed by atoms with Gasteiger partial charge in [-0.2, -0.15) is 0 Å². The van der Waals surface area contributed by atoms with E-state index in [4.69, 9.17) is 22.2 Å². The zero-order chi connectivity index (χ0) is 13.2. The number of methoxy groups -OCH3 is 1. The number of halogens is 1. The fraction of sp³-hybridized carbons (Fsp3) is 0.692. The summed E-state index contributed by atoms with van der Waals surface area (Å²) in [7, 11) is 1.79. The molecule has 0 saturated heterocycles. The van der Waals surface area contributed by atoms with Gasteiger partial charge in [-0.3, -0.25) is 5.84 Å². The van der Waals surface area contributed by atoms with Gasteiger partial charge in [0.15, 0.2) is 0 Å². The molecule has 1 fully saturated rings. The average Bonchev–Trinajstić information content (AvgIpc) is 2.79. The van der Waals surface area contributed by atoms with Crippen molar-refractivity contribution in [2.75, 3.05) is 7.11 Å². The molecule has 1 aromatic rings. The van der Waals surface area contributed by atoms with Crippen LogP contribution in [0.5, 0.6) is 0 Å². The van der Waals surface area contributed by atoms with Gasteiger partial charge in [0.05, 0.1) is 16.0 Å². The minimum absolute atomic E-state index is 0.0208. The van der Waals surface area contributed by atoms with E-state index >= 15 is 0 Å². The van der Waals surface area contributed by atoms with Gasteiger partial charge < -0.3 is 4.74 Å². The number of nitrogens with one attached hydrogen (secondary N) is 1. The van der Waals surface area contributed by atoms with Gasteiger partial charge in [0.1, 0.15) is 0 Å². The molecule has 1 atom stereocenters. The Morgan fingerprint density at radius 2 is 2.17 bits per heavy atom. The van der Waals surface area contributed by atoms with E-state index in [-0.39, 0.29) is 11.6 Å². The van der Waals surface area contributed by atoms with Gasteiger partial charge in [0.25, 0.3) is 0 Å².